The molecule has 0 aromatic rings. The summed E-state index contributed by atoms with van der Waals surface area (Å²) in [7, 11) is -1.76. The van der Waals surface area contributed by atoms with Crippen LogP contribution in [0.1, 0.15) is 71.1 Å². The fraction of sp³-hybridized carbons (Fsp3) is 1.00. The second kappa shape index (κ2) is 9.32. The highest BCUT2D eigenvalue weighted by atomic mass is 32.2. The maximum Gasteiger partial charge on any atom is 0.269 e. The third kappa shape index (κ3) is 5.19. The van der Waals surface area contributed by atoms with Crippen LogP contribution in [0.4, 0.5) is 0 Å². The van der Waals surface area contributed by atoms with Gasteiger partial charge in [-0.05, 0) is 44.4 Å². The van der Waals surface area contributed by atoms with Crippen molar-refractivity contribution in [2.45, 2.75) is 95.4 Å². The van der Waals surface area contributed by atoms with Crippen LogP contribution in [0.5, 0.6) is 0 Å². The molecule has 0 amide bonds. The summed E-state index contributed by atoms with van der Waals surface area (Å²) in [5.74, 6) is 0.767. The number of nitrogens with zero attached hydrogens (tertiary/aromatic N) is 1. The highest BCUT2D eigenvalue weighted by Crippen LogP contribution is 2.40. The number of hydrogen-bond donors (Lipinski definition) is 1. The van der Waals surface area contributed by atoms with Gasteiger partial charge in [-0.3, -0.25) is 9.61 Å². The first-order valence-electron chi connectivity index (χ1n) is 10.5. The molecule has 0 bridgehead atoms. The lowest BCUT2D eigenvalue weighted by molar-refractivity contribution is 0.0441. The maximum absolute atomic E-state index is 12.6. The summed E-state index contributed by atoms with van der Waals surface area (Å²) in [6.07, 6.45) is 10.6. The molecule has 26 heavy (non-hydrogen) atoms. The second-order valence-electron chi connectivity index (χ2n) is 8.33. The first-order valence-corrected chi connectivity index (χ1v) is 12.0. The molecule has 2 saturated carbocycles. The molecule has 1 aliphatic heterocycles. The lowest BCUT2D eigenvalue weighted by Crippen LogP contribution is -2.54. The highest BCUT2D eigenvalue weighted by molar-refractivity contribution is 7.86. The lowest BCUT2D eigenvalue weighted by Gasteiger charge is -2.34. The third-order valence-electron chi connectivity index (χ3n) is 6.37. The molecule has 4 atom stereocenters. The van der Waals surface area contributed by atoms with E-state index >= 15 is 0 Å². The van der Waals surface area contributed by atoms with Gasteiger partial charge < -0.3 is 4.74 Å². The van der Waals surface area contributed by atoms with E-state index in [1.807, 2.05) is 6.92 Å². The normalized spacial score (nSPS) is 32.0. The molecule has 6 nitrogen and oxygen atoms in total. The van der Waals surface area contributed by atoms with Crippen LogP contribution >= 0.6 is 0 Å². The van der Waals surface area contributed by atoms with Crippen LogP contribution < -0.4 is 5.43 Å². The summed E-state index contributed by atoms with van der Waals surface area (Å²) in [6, 6.07) is 0.750. The molecule has 7 heteroatoms. The Morgan fingerprint density at radius 1 is 1.12 bits per heavy atom. The van der Waals surface area contributed by atoms with Crippen molar-refractivity contribution in [1.82, 2.24) is 10.4 Å². The molecule has 152 valence electrons. The van der Waals surface area contributed by atoms with E-state index < -0.39 is 10.1 Å². The van der Waals surface area contributed by atoms with E-state index in [1.165, 1.54) is 25.7 Å². The van der Waals surface area contributed by atoms with Gasteiger partial charge in [0.2, 0.25) is 0 Å². The molecular formula is C19H36N2O4S. The summed E-state index contributed by atoms with van der Waals surface area (Å²) in [6.45, 7) is 2.74. The Kier molecular flexibility index (Phi) is 7.36. The van der Waals surface area contributed by atoms with E-state index in [4.69, 9.17) is 8.92 Å². The fourth-order valence-corrected chi connectivity index (χ4v) is 6.53. The van der Waals surface area contributed by atoms with Gasteiger partial charge in [0.15, 0.2) is 0 Å². The number of methoxy groups -OCH3 is 1. The van der Waals surface area contributed by atoms with Gasteiger partial charge in [-0.1, -0.05) is 32.6 Å². The Morgan fingerprint density at radius 3 is 2.58 bits per heavy atom. The molecular weight excluding hydrogens is 352 g/mol. The monoisotopic (exact) mass is 388 g/mol. The molecule has 0 radical (unpaired) electrons. The van der Waals surface area contributed by atoms with Crippen LogP contribution in [0.15, 0.2) is 0 Å². The largest absolute Gasteiger partial charge is 0.383 e. The second-order valence-corrected chi connectivity index (χ2v) is 9.97. The Morgan fingerprint density at radius 2 is 1.88 bits per heavy atom. The van der Waals surface area contributed by atoms with Crippen molar-refractivity contribution in [3.05, 3.63) is 0 Å². The van der Waals surface area contributed by atoms with Gasteiger partial charge >= 0.3 is 0 Å². The van der Waals surface area contributed by atoms with Crippen LogP contribution in [-0.4, -0.2) is 57.1 Å². The van der Waals surface area contributed by atoms with Crippen molar-refractivity contribution < 1.29 is 17.3 Å². The molecule has 3 fully saturated rings. The maximum atomic E-state index is 12.6. The van der Waals surface area contributed by atoms with Crippen molar-refractivity contribution in [3.63, 3.8) is 0 Å². The number of fused-ring (bicyclic) bond motifs is 1. The summed E-state index contributed by atoms with van der Waals surface area (Å²) < 4.78 is 36.1. The number of hydrogen-bond acceptors (Lipinski definition) is 6. The molecule has 2 aliphatic carbocycles. The average Bonchev–Trinajstić information content (AvgIpc) is 3.17. The Balaban J connectivity index is 1.58. The zero-order chi connectivity index (χ0) is 18.6. The molecule has 3 rings (SSSR count). The van der Waals surface area contributed by atoms with E-state index in [2.05, 4.69) is 10.4 Å². The van der Waals surface area contributed by atoms with Gasteiger partial charge in [-0.25, -0.2) is 5.01 Å². The predicted octanol–water partition coefficient (Wildman–Crippen LogP) is 2.84. The minimum Gasteiger partial charge on any atom is -0.383 e. The summed E-state index contributed by atoms with van der Waals surface area (Å²) in [5.41, 5.74) is 3.56. The van der Waals surface area contributed by atoms with Crippen molar-refractivity contribution in [3.8, 4) is 0 Å². The van der Waals surface area contributed by atoms with Crippen molar-refractivity contribution in [2.75, 3.05) is 19.5 Å². The van der Waals surface area contributed by atoms with Crippen molar-refractivity contribution in [1.29, 1.82) is 0 Å². The topological polar surface area (TPSA) is 67.9 Å². The SMILES string of the molecule is CC[C@@H](CS(=O)(=O)OC1CCCCC1)NN1[C@@H](COC)C[C@H]2CCC[C@H]21. The first kappa shape index (κ1) is 20.5. The molecule has 1 saturated heterocycles. The molecule has 0 aromatic carbocycles. The zero-order valence-corrected chi connectivity index (χ0v) is 17.2. The molecule has 0 unspecified atom stereocenters. The molecule has 0 spiro atoms. The molecule has 1 heterocycles. The first-order chi connectivity index (χ1) is 12.5. The Labute approximate surface area is 159 Å². The number of ether oxygens (including phenoxy) is 1. The van der Waals surface area contributed by atoms with Gasteiger partial charge in [-0.2, -0.15) is 8.42 Å². The van der Waals surface area contributed by atoms with E-state index in [-0.39, 0.29) is 17.9 Å². The van der Waals surface area contributed by atoms with E-state index in [1.54, 1.807) is 7.11 Å². The van der Waals surface area contributed by atoms with E-state index in [0.717, 1.165) is 44.4 Å². The van der Waals surface area contributed by atoms with Crippen LogP contribution in [0.25, 0.3) is 0 Å². The Hall–Kier alpha value is -0.210. The Bertz CT molecular complexity index is 536. The van der Waals surface area contributed by atoms with Crippen LogP contribution in [0.2, 0.25) is 0 Å². The molecule has 1 N–H and O–H groups in total. The average molecular weight is 389 g/mol. The smallest absolute Gasteiger partial charge is 0.269 e. The van der Waals surface area contributed by atoms with Gasteiger partial charge in [0.1, 0.15) is 0 Å². The van der Waals surface area contributed by atoms with E-state index in [0.29, 0.717) is 18.7 Å². The van der Waals surface area contributed by atoms with Gasteiger partial charge in [0.05, 0.1) is 18.5 Å². The quantitative estimate of drug-likeness (QED) is 0.613. The number of rotatable bonds is 9. The summed E-state index contributed by atoms with van der Waals surface area (Å²) in [4.78, 5) is 0. The van der Waals surface area contributed by atoms with Crippen molar-refractivity contribution >= 4 is 10.1 Å². The zero-order valence-electron chi connectivity index (χ0n) is 16.4. The minimum atomic E-state index is -3.51. The third-order valence-corrected chi connectivity index (χ3v) is 7.74. The number of hydrazine groups is 1. The van der Waals surface area contributed by atoms with Crippen molar-refractivity contribution in [2.24, 2.45) is 5.92 Å². The van der Waals surface area contributed by atoms with Crippen LogP contribution in [0, 0.1) is 5.92 Å². The number of nitrogens with one attached hydrogen (secondary N) is 1. The minimum absolute atomic E-state index is 0.0492. The standard InChI is InChI=1S/C19H36N2O4S/c1-3-16(14-26(22,23)25-18-9-5-4-6-10-18)20-21-17(13-24-2)12-15-8-7-11-19(15)21/h15-20H,3-14H2,1-2H3/t15-,16+,17-,19-/m1/s1. The fourth-order valence-electron chi connectivity index (χ4n) is 5.05. The lowest BCUT2D eigenvalue weighted by atomic mass is 9.98. The summed E-state index contributed by atoms with van der Waals surface area (Å²) in [5, 5.41) is 2.32. The molecule has 0 aromatic heterocycles. The summed E-state index contributed by atoms with van der Waals surface area (Å²) >= 11 is 0. The van der Waals surface area contributed by atoms with Crippen LogP contribution in [-0.2, 0) is 19.0 Å². The highest BCUT2D eigenvalue weighted by Gasteiger charge is 2.44. The van der Waals surface area contributed by atoms with E-state index in [9.17, 15) is 8.42 Å². The predicted molar refractivity (Wildman–Crippen MR) is 102 cm³/mol. The van der Waals surface area contributed by atoms with Crippen LogP contribution in [0.3, 0.4) is 0 Å². The van der Waals surface area contributed by atoms with Gasteiger partial charge in [0.25, 0.3) is 10.1 Å². The van der Waals surface area contributed by atoms with Gasteiger partial charge in [-0.15, -0.1) is 0 Å². The molecule has 3 aliphatic rings. The van der Waals surface area contributed by atoms with Gasteiger partial charge in [0, 0.05) is 25.2 Å².